The van der Waals surface area contributed by atoms with Gasteiger partial charge in [-0.1, -0.05) is 0 Å². The van der Waals surface area contributed by atoms with Gasteiger partial charge in [0.25, 0.3) is 0 Å². The lowest BCUT2D eigenvalue weighted by Gasteiger charge is -2.29. The summed E-state index contributed by atoms with van der Waals surface area (Å²) in [6.45, 7) is 2.16. The number of aromatic nitrogens is 1. The molecule has 0 saturated carbocycles. The molecule has 2 N–H and O–H groups in total. The molecule has 6 nitrogen and oxygen atoms in total. The van der Waals surface area contributed by atoms with Crippen molar-refractivity contribution >= 4 is 11.8 Å². The van der Waals surface area contributed by atoms with E-state index in [-0.39, 0.29) is 29.5 Å². The van der Waals surface area contributed by atoms with Crippen molar-refractivity contribution in [1.82, 2.24) is 15.2 Å². The van der Waals surface area contributed by atoms with Gasteiger partial charge in [-0.05, 0) is 43.7 Å². The Kier molecular flexibility index (Phi) is 4.00. The molecule has 1 aromatic rings. The number of nitrogens with one attached hydrogen (secondary N) is 2. The number of fused-ring (bicyclic) bond motifs is 1. The van der Waals surface area contributed by atoms with Crippen LogP contribution in [0.2, 0.25) is 0 Å². The Morgan fingerprint density at radius 2 is 2.09 bits per heavy atom. The average Bonchev–Trinajstić information content (AvgIpc) is 2.97. The van der Waals surface area contributed by atoms with Gasteiger partial charge in [0.05, 0.1) is 6.04 Å². The molecule has 22 heavy (non-hydrogen) atoms. The van der Waals surface area contributed by atoms with E-state index >= 15 is 0 Å². The summed E-state index contributed by atoms with van der Waals surface area (Å²) < 4.78 is 0. The molecule has 2 amide bonds. The molecular formula is C16H21N3O3. The molecule has 1 aromatic heterocycles. The largest absolute Gasteiger partial charge is 0.347 e. The van der Waals surface area contributed by atoms with Gasteiger partial charge in [0.15, 0.2) is 0 Å². The van der Waals surface area contributed by atoms with E-state index in [2.05, 4.69) is 10.3 Å². The fourth-order valence-electron chi connectivity index (χ4n) is 3.53. The van der Waals surface area contributed by atoms with Crippen LogP contribution < -0.4 is 10.9 Å². The summed E-state index contributed by atoms with van der Waals surface area (Å²) in [7, 11) is 0. The van der Waals surface area contributed by atoms with Crippen LogP contribution in [-0.4, -0.2) is 34.3 Å². The third-order valence-corrected chi connectivity index (χ3v) is 4.61. The van der Waals surface area contributed by atoms with Crippen LogP contribution in [0, 0.1) is 0 Å². The SMILES string of the molecule is CC(=O)N1CCCC1C(=O)NC1CCCc2[nH]c(=O)ccc21. The summed E-state index contributed by atoms with van der Waals surface area (Å²) in [5.41, 5.74) is 1.80. The van der Waals surface area contributed by atoms with Gasteiger partial charge in [0.1, 0.15) is 6.04 Å². The number of likely N-dealkylation sites (tertiary alicyclic amines) is 1. The number of pyridine rings is 1. The van der Waals surface area contributed by atoms with Crippen LogP contribution in [0.15, 0.2) is 16.9 Å². The lowest BCUT2D eigenvalue weighted by molar-refractivity contribution is -0.137. The van der Waals surface area contributed by atoms with Crippen molar-refractivity contribution < 1.29 is 9.59 Å². The molecule has 3 rings (SSSR count). The number of carbonyl (C=O) groups excluding carboxylic acids is 2. The molecule has 1 fully saturated rings. The third kappa shape index (κ3) is 2.77. The molecule has 2 aliphatic rings. The second-order valence-electron chi connectivity index (χ2n) is 6.08. The van der Waals surface area contributed by atoms with E-state index < -0.39 is 0 Å². The second-order valence-corrected chi connectivity index (χ2v) is 6.08. The number of hydrogen-bond donors (Lipinski definition) is 2. The first-order chi connectivity index (χ1) is 10.6. The maximum absolute atomic E-state index is 12.5. The summed E-state index contributed by atoms with van der Waals surface area (Å²) in [4.78, 5) is 40.0. The molecule has 0 radical (unpaired) electrons. The number of aryl methyl sites for hydroxylation is 1. The standard InChI is InChI=1S/C16H21N3O3/c1-10(20)19-9-3-6-14(19)16(22)18-13-5-2-4-12-11(13)7-8-15(21)17-12/h7-8,13-14H,2-6,9H2,1H3,(H,17,21)(H,18,22). The van der Waals surface area contributed by atoms with Gasteiger partial charge in [-0.15, -0.1) is 0 Å². The highest BCUT2D eigenvalue weighted by atomic mass is 16.2. The summed E-state index contributed by atoms with van der Waals surface area (Å²) in [6, 6.07) is 2.87. The van der Waals surface area contributed by atoms with E-state index in [0.29, 0.717) is 6.54 Å². The van der Waals surface area contributed by atoms with Gasteiger partial charge in [0, 0.05) is 25.2 Å². The van der Waals surface area contributed by atoms with Crippen LogP contribution in [0.1, 0.15) is 49.9 Å². The zero-order valence-electron chi connectivity index (χ0n) is 12.7. The van der Waals surface area contributed by atoms with E-state index in [1.807, 2.05) is 0 Å². The molecule has 1 saturated heterocycles. The molecule has 2 heterocycles. The van der Waals surface area contributed by atoms with Gasteiger partial charge in [-0.25, -0.2) is 0 Å². The molecule has 0 aromatic carbocycles. The van der Waals surface area contributed by atoms with Gasteiger partial charge in [-0.3, -0.25) is 14.4 Å². The van der Waals surface area contributed by atoms with Gasteiger partial charge >= 0.3 is 0 Å². The van der Waals surface area contributed by atoms with Crippen LogP contribution in [-0.2, 0) is 16.0 Å². The summed E-state index contributed by atoms with van der Waals surface area (Å²) in [5.74, 6) is -0.136. The van der Waals surface area contributed by atoms with E-state index in [0.717, 1.165) is 43.4 Å². The predicted molar refractivity (Wildman–Crippen MR) is 81.3 cm³/mol. The van der Waals surface area contributed by atoms with Gasteiger partial charge in [-0.2, -0.15) is 0 Å². The number of rotatable bonds is 2. The van der Waals surface area contributed by atoms with Crippen LogP contribution in [0.3, 0.4) is 0 Å². The van der Waals surface area contributed by atoms with Crippen LogP contribution >= 0.6 is 0 Å². The minimum absolute atomic E-state index is 0.0500. The summed E-state index contributed by atoms with van der Waals surface area (Å²) in [6.07, 6.45) is 4.21. The molecule has 0 spiro atoms. The van der Waals surface area contributed by atoms with Crippen molar-refractivity contribution in [3.8, 4) is 0 Å². The maximum atomic E-state index is 12.5. The van der Waals surface area contributed by atoms with Crippen molar-refractivity contribution in [2.75, 3.05) is 6.54 Å². The smallest absolute Gasteiger partial charge is 0.248 e. The lowest BCUT2D eigenvalue weighted by atomic mass is 9.91. The molecule has 2 atom stereocenters. The molecule has 1 aliphatic heterocycles. The Hall–Kier alpha value is -2.11. The third-order valence-electron chi connectivity index (χ3n) is 4.61. The van der Waals surface area contributed by atoms with Crippen LogP contribution in [0.5, 0.6) is 0 Å². The Balaban J connectivity index is 1.76. The lowest BCUT2D eigenvalue weighted by Crippen LogP contribution is -2.46. The summed E-state index contributed by atoms with van der Waals surface area (Å²) >= 11 is 0. The average molecular weight is 303 g/mol. The highest BCUT2D eigenvalue weighted by molar-refractivity contribution is 5.87. The maximum Gasteiger partial charge on any atom is 0.248 e. The van der Waals surface area contributed by atoms with Crippen molar-refractivity contribution in [2.45, 2.75) is 51.1 Å². The van der Waals surface area contributed by atoms with Crippen LogP contribution in [0.4, 0.5) is 0 Å². The number of aromatic amines is 1. The Bertz CT molecular complexity index is 652. The second kappa shape index (κ2) is 5.94. The topological polar surface area (TPSA) is 82.3 Å². The molecule has 6 heteroatoms. The fourth-order valence-corrected chi connectivity index (χ4v) is 3.53. The van der Waals surface area contributed by atoms with E-state index in [9.17, 15) is 14.4 Å². The minimum atomic E-state index is -0.356. The van der Waals surface area contributed by atoms with E-state index in [4.69, 9.17) is 0 Å². The monoisotopic (exact) mass is 303 g/mol. The first-order valence-electron chi connectivity index (χ1n) is 7.86. The number of carbonyl (C=O) groups is 2. The molecule has 2 unspecified atom stereocenters. The first kappa shape index (κ1) is 14.8. The number of amides is 2. The first-order valence-corrected chi connectivity index (χ1v) is 7.86. The van der Waals surface area contributed by atoms with Gasteiger partial charge in [0.2, 0.25) is 17.4 Å². The van der Waals surface area contributed by atoms with E-state index in [1.54, 1.807) is 11.0 Å². The van der Waals surface area contributed by atoms with Crippen molar-refractivity contribution in [3.63, 3.8) is 0 Å². The van der Waals surface area contributed by atoms with E-state index in [1.165, 1.54) is 13.0 Å². The van der Waals surface area contributed by atoms with Gasteiger partial charge < -0.3 is 15.2 Å². The number of H-pyrrole nitrogens is 1. The quantitative estimate of drug-likeness (QED) is 0.851. The van der Waals surface area contributed by atoms with Crippen molar-refractivity contribution in [3.05, 3.63) is 33.7 Å². The highest BCUT2D eigenvalue weighted by Crippen LogP contribution is 2.28. The Labute approximate surface area is 128 Å². The molecular weight excluding hydrogens is 282 g/mol. The van der Waals surface area contributed by atoms with Crippen molar-refractivity contribution in [1.29, 1.82) is 0 Å². The Morgan fingerprint density at radius 1 is 1.27 bits per heavy atom. The predicted octanol–water partition coefficient (Wildman–Crippen LogP) is 0.879. The molecule has 1 aliphatic carbocycles. The Morgan fingerprint density at radius 3 is 2.86 bits per heavy atom. The number of hydrogen-bond acceptors (Lipinski definition) is 3. The highest BCUT2D eigenvalue weighted by Gasteiger charge is 2.34. The summed E-state index contributed by atoms with van der Waals surface area (Å²) in [5, 5.41) is 3.07. The normalized spacial score (nSPS) is 24.0. The zero-order chi connectivity index (χ0) is 15.7. The minimum Gasteiger partial charge on any atom is -0.347 e. The molecule has 0 bridgehead atoms. The van der Waals surface area contributed by atoms with Crippen molar-refractivity contribution in [2.24, 2.45) is 0 Å². The van der Waals surface area contributed by atoms with Crippen LogP contribution in [0.25, 0.3) is 0 Å². The zero-order valence-corrected chi connectivity index (χ0v) is 12.7. The number of nitrogens with zero attached hydrogens (tertiary/aromatic N) is 1. The molecule has 118 valence electrons. The fraction of sp³-hybridized carbons (Fsp3) is 0.562.